The van der Waals surface area contributed by atoms with E-state index in [0.29, 0.717) is 49.6 Å². The highest BCUT2D eigenvalue weighted by Crippen LogP contribution is 2.36. The molecule has 5 heterocycles. The van der Waals surface area contributed by atoms with Crippen molar-refractivity contribution in [2.45, 2.75) is 57.2 Å². The largest absolute Gasteiger partial charge is 0.417 e. The zero-order valence-electron chi connectivity index (χ0n) is 34.0. The minimum Gasteiger partial charge on any atom is -0.371 e. The number of piperidine rings is 3. The molecule has 0 spiro atoms. The number of rotatable bonds is 11. The number of benzene rings is 2. The molecular formula is C43H49F3N10O5. The average Bonchev–Trinajstić information content (AvgIpc) is 3.28. The van der Waals surface area contributed by atoms with Crippen LogP contribution in [0.25, 0.3) is 0 Å². The van der Waals surface area contributed by atoms with E-state index in [0.717, 1.165) is 82.6 Å². The van der Waals surface area contributed by atoms with Crippen LogP contribution in [0.3, 0.4) is 0 Å². The second kappa shape index (κ2) is 18.7. The van der Waals surface area contributed by atoms with Gasteiger partial charge in [-0.25, -0.2) is 9.97 Å². The zero-order valence-corrected chi connectivity index (χ0v) is 34.0. The third-order valence-electron chi connectivity index (χ3n) is 12.5. The van der Waals surface area contributed by atoms with Gasteiger partial charge in [0.2, 0.25) is 17.7 Å². The Morgan fingerprint density at radius 3 is 2.21 bits per heavy atom. The fourth-order valence-corrected chi connectivity index (χ4v) is 8.70. The summed E-state index contributed by atoms with van der Waals surface area (Å²) in [7, 11) is 1.52. The van der Waals surface area contributed by atoms with Crippen LogP contribution in [-0.2, 0) is 20.6 Å². The number of nitrogens with zero attached hydrogens (tertiary/aromatic N) is 8. The number of piperazine rings is 1. The molecule has 4 aliphatic heterocycles. The lowest BCUT2D eigenvalue weighted by Gasteiger charge is -2.38. The number of anilines is 4. The molecular weight excluding hydrogens is 794 g/mol. The third-order valence-corrected chi connectivity index (χ3v) is 12.5. The highest BCUT2D eigenvalue weighted by molar-refractivity contribution is 6.06. The Balaban J connectivity index is 0.819. The summed E-state index contributed by atoms with van der Waals surface area (Å²) < 4.78 is 40.4. The van der Waals surface area contributed by atoms with Crippen molar-refractivity contribution in [3.8, 4) is 6.07 Å². The molecule has 1 unspecified atom stereocenters. The summed E-state index contributed by atoms with van der Waals surface area (Å²) in [4.78, 5) is 81.4. The molecule has 15 nitrogen and oxygen atoms in total. The number of halogens is 3. The molecule has 4 aliphatic rings. The molecule has 18 heteroatoms. The lowest BCUT2D eigenvalue weighted by Crippen LogP contribution is -2.53. The van der Waals surface area contributed by atoms with Crippen LogP contribution in [0.4, 0.5) is 36.2 Å². The van der Waals surface area contributed by atoms with Crippen molar-refractivity contribution in [1.82, 2.24) is 25.1 Å². The number of carbonyl (C=O) groups excluding carboxylic acids is 5. The average molecular weight is 843 g/mol. The van der Waals surface area contributed by atoms with E-state index in [1.54, 1.807) is 35.5 Å². The number of amides is 4. The van der Waals surface area contributed by atoms with Crippen LogP contribution in [0, 0.1) is 23.2 Å². The van der Waals surface area contributed by atoms with Crippen LogP contribution in [0.15, 0.2) is 48.8 Å². The van der Waals surface area contributed by atoms with Crippen LogP contribution in [-0.4, -0.2) is 122 Å². The highest BCUT2D eigenvalue weighted by Gasteiger charge is 2.36. The number of imide groups is 1. The maximum Gasteiger partial charge on any atom is 0.417 e. The first-order chi connectivity index (χ1) is 29.3. The summed E-state index contributed by atoms with van der Waals surface area (Å²) in [6.45, 7) is 6.71. The van der Waals surface area contributed by atoms with Crippen molar-refractivity contribution in [3.63, 3.8) is 0 Å². The molecule has 61 heavy (non-hydrogen) atoms. The molecule has 2 N–H and O–H groups in total. The van der Waals surface area contributed by atoms with Crippen molar-refractivity contribution in [2.24, 2.45) is 11.8 Å². The van der Waals surface area contributed by atoms with Gasteiger partial charge in [-0.1, -0.05) is 0 Å². The molecule has 0 radical (unpaired) electrons. The lowest BCUT2D eigenvalue weighted by atomic mass is 9.93. The van der Waals surface area contributed by atoms with E-state index in [-0.39, 0.29) is 41.7 Å². The fraction of sp³-hybridized carbons (Fsp3) is 0.488. The predicted octanol–water partition coefficient (Wildman–Crippen LogP) is 4.34. The molecule has 1 atom stereocenters. The quantitative estimate of drug-likeness (QED) is 0.207. The van der Waals surface area contributed by atoms with E-state index in [2.05, 4.69) is 35.3 Å². The Morgan fingerprint density at radius 1 is 0.902 bits per heavy atom. The number of nitriles is 1. The van der Waals surface area contributed by atoms with Gasteiger partial charge in [0.05, 0.1) is 35.2 Å². The molecule has 0 aliphatic carbocycles. The third kappa shape index (κ3) is 10.1. The predicted molar refractivity (Wildman–Crippen MR) is 220 cm³/mol. The smallest absolute Gasteiger partial charge is 0.371 e. The van der Waals surface area contributed by atoms with E-state index >= 15 is 0 Å². The second-order valence-corrected chi connectivity index (χ2v) is 16.2. The van der Waals surface area contributed by atoms with E-state index < -0.39 is 35.2 Å². The van der Waals surface area contributed by atoms with Crippen LogP contribution in [0.1, 0.15) is 76.8 Å². The summed E-state index contributed by atoms with van der Waals surface area (Å²) in [5.41, 5.74) is 0.308. The second-order valence-electron chi connectivity index (χ2n) is 16.2. The first-order valence-corrected chi connectivity index (χ1v) is 20.7. The molecule has 2 aromatic carbocycles. The van der Waals surface area contributed by atoms with Gasteiger partial charge in [0.1, 0.15) is 11.9 Å². The lowest BCUT2D eigenvalue weighted by molar-refractivity contribution is -0.138. The zero-order chi connectivity index (χ0) is 43.3. The number of aromatic nitrogens is 2. The maximum atomic E-state index is 13.5. The van der Waals surface area contributed by atoms with Crippen molar-refractivity contribution in [1.29, 1.82) is 5.26 Å². The van der Waals surface area contributed by atoms with Crippen LogP contribution in [0.2, 0.25) is 0 Å². The van der Waals surface area contributed by atoms with E-state index in [1.165, 1.54) is 24.1 Å². The molecule has 4 saturated heterocycles. The van der Waals surface area contributed by atoms with Gasteiger partial charge in [-0.15, -0.1) is 0 Å². The Kier molecular flexibility index (Phi) is 13.2. The minimum absolute atomic E-state index is 0.146. The van der Waals surface area contributed by atoms with Crippen molar-refractivity contribution in [3.05, 3.63) is 71.0 Å². The van der Waals surface area contributed by atoms with Gasteiger partial charge in [0.15, 0.2) is 12.1 Å². The highest BCUT2D eigenvalue weighted by atomic mass is 19.4. The number of aldehydes is 1. The van der Waals surface area contributed by atoms with Gasteiger partial charge in [-0.2, -0.15) is 18.4 Å². The SMILES string of the molecule is CN(C(=O)c1cc(N2CCN(CCC3CCN(c4cnc(NC(=O)C5CCN(c6ccc(C#N)c(C(F)(F)F)c6)CC5)cn4)CC3)CC2)ccc1C=O)C1CCC(=O)NC1=O. The molecule has 4 fully saturated rings. The maximum absolute atomic E-state index is 13.5. The summed E-state index contributed by atoms with van der Waals surface area (Å²) in [6, 6.07) is 9.73. The van der Waals surface area contributed by atoms with Crippen LogP contribution in [0.5, 0.6) is 0 Å². The Morgan fingerprint density at radius 2 is 1.57 bits per heavy atom. The molecule has 0 saturated carbocycles. The van der Waals surface area contributed by atoms with Crippen molar-refractivity contribution in [2.75, 3.05) is 86.0 Å². The topological polar surface area (TPSA) is 175 Å². The number of hydrogen-bond donors (Lipinski definition) is 2. The van der Waals surface area contributed by atoms with Crippen LogP contribution >= 0.6 is 0 Å². The fourth-order valence-electron chi connectivity index (χ4n) is 8.70. The Bertz CT molecular complexity index is 2160. The van der Waals surface area contributed by atoms with Gasteiger partial charge < -0.3 is 24.9 Å². The van der Waals surface area contributed by atoms with E-state index in [4.69, 9.17) is 5.26 Å². The van der Waals surface area contributed by atoms with Gasteiger partial charge in [0.25, 0.3) is 5.91 Å². The number of likely N-dealkylation sites (N-methyl/N-ethyl adjacent to an activating group) is 1. The number of carbonyl (C=O) groups is 5. The summed E-state index contributed by atoms with van der Waals surface area (Å²) >= 11 is 0. The normalized spacial score (nSPS) is 19.6. The number of hydrogen-bond acceptors (Lipinski definition) is 12. The summed E-state index contributed by atoms with van der Waals surface area (Å²) in [6.07, 6.45) is 3.64. The van der Waals surface area contributed by atoms with Crippen molar-refractivity contribution >= 4 is 52.9 Å². The van der Waals surface area contributed by atoms with Gasteiger partial charge in [-0.05, 0) is 87.4 Å². The number of alkyl halides is 3. The van der Waals surface area contributed by atoms with Gasteiger partial charge >= 0.3 is 6.18 Å². The molecule has 1 aromatic heterocycles. The van der Waals surface area contributed by atoms with Gasteiger partial charge in [0, 0.05) is 88.7 Å². The van der Waals surface area contributed by atoms with Crippen molar-refractivity contribution < 1.29 is 37.1 Å². The van der Waals surface area contributed by atoms with E-state index in [9.17, 15) is 37.1 Å². The monoisotopic (exact) mass is 842 g/mol. The standard InChI is InChI=1S/C43H49F3N10O5/c1-52(36-6-7-39(58)51-41(36)60)42(61)34-22-32(5-3-31(34)27-57)55-20-18-53(19-21-55)13-8-28-9-14-56(15-10-28)38-26-48-37(25-49-38)50-40(59)29-11-16-54(17-12-29)33-4-2-30(24-47)35(23-33)43(44,45)46/h2-5,22-23,25-29,36H,6-21H2,1H3,(H,48,50,59)(H,51,58,60). The Labute approximate surface area is 351 Å². The molecule has 0 bridgehead atoms. The first kappa shape index (κ1) is 43.0. The van der Waals surface area contributed by atoms with Gasteiger partial charge in [-0.3, -0.25) is 34.2 Å². The summed E-state index contributed by atoms with van der Waals surface area (Å²) in [5.74, 6) is -0.186. The Hall–Kier alpha value is -6.09. The number of nitrogens with one attached hydrogen (secondary N) is 2. The molecule has 7 rings (SSSR count). The van der Waals surface area contributed by atoms with Crippen LogP contribution < -0.4 is 25.3 Å². The minimum atomic E-state index is -4.63. The molecule has 3 aromatic rings. The first-order valence-electron chi connectivity index (χ1n) is 20.7. The van der Waals surface area contributed by atoms with E-state index in [1.807, 2.05) is 6.07 Å². The molecule has 4 amide bonds. The summed E-state index contributed by atoms with van der Waals surface area (Å²) in [5, 5.41) is 14.2. The molecule has 322 valence electrons.